The van der Waals surface area contributed by atoms with Gasteiger partial charge in [0.05, 0.1) is 12.7 Å². The molecule has 0 saturated carbocycles. The molecule has 0 unspecified atom stereocenters. The molecule has 3 nitrogen and oxygen atoms in total. The molecule has 2 rings (SSSR count). The highest BCUT2D eigenvalue weighted by Crippen LogP contribution is 2.34. The molecular weight excluding hydrogens is 332 g/mol. The Kier molecular flexibility index (Phi) is 6.39. The Morgan fingerprint density at radius 2 is 1.67 bits per heavy atom. The van der Waals surface area contributed by atoms with Crippen molar-refractivity contribution in [2.24, 2.45) is 0 Å². The van der Waals surface area contributed by atoms with Gasteiger partial charge in [0, 0.05) is 17.5 Å². The van der Waals surface area contributed by atoms with Crippen molar-refractivity contribution in [3.05, 3.63) is 70.2 Å². The maximum Gasteiger partial charge on any atom is 0.147 e. The number of halogens is 1. The Morgan fingerprint density at radius 1 is 1.00 bits per heavy atom. The van der Waals surface area contributed by atoms with Gasteiger partial charge in [-0.2, -0.15) is 0 Å². The summed E-state index contributed by atoms with van der Waals surface area (Å²) in [6, 6.07) is 17.8. The van der Waals surface area contributed by atoms with Gasteiger partial charge in [0.2, 0.25) is 0 Å². The molecule has 0 aliphatic rings. The van der Waals surface area contributed by atoms with Crippen molar-refractivity contribution in [2.45, 2.75) is 12.0 Å². The van der Waals surface area contributed by atoms with Gasteiger partial charge in [-0.05, 0) is 23.3 Å². The fourth-order valence-corrected chi connectivity index (χ4v) is 2.58. The summed E-state index contributed by atoms with van der Waals surface area (Å²) in [5.41, 5.74) is 2.06. The molecule has 0 heterocycles. The summed E-state index contributed by atoms with van der Waals surface area (Å²) in [6.45, 7) is 0.192. The smallest absolute Gasteiger partial charge is 0.147 e. The maximum absolute atomic E-state index is 9.85. The zero-order chi connectivity index (χ0) is 15.1. The Balaban J connectivity index is 2.30. The summed E-state index contributed by atoms with van der Waals surface area (Å²) in [4.78, 5) is 0. The molecule has 2 atom stereocenters. The fourth-order valence-electron chi connectivity index (χ4n) is 2.31. The summed E-state index contributed by atoms with van der Waals surface area (Å²) in [7, 11) is 1.59. The van der Waals surface area contributed by atoms with E-state index in [2.05, 4.69) is 15.9 Å². The van der Waals surface area contributed by atoms with Crippen molar-refractivity contribution in [1.82, 2.24) is 0 Å². The summed E-state index contributed by atoms with van der Waals surface area (Å²) in [5, 5.41) is 9.85. The average molecular weight is 351 g/mol. The summed E-state index contributed by atoms with van der Waals surface area (Å²) in [6.07, 6.45) is -0.252. The Morgan fingerprint density at radius 3 is 2.24 bits per heavy atom. The predicted octanol–water partition coefficient (Wildman–Crippen LogP) is 3.89. The minimum absolute atomic E-state index is 0.00487. The van der Waals surface area contributed by atoms with Gasteiger partial charge < -0.3 is 14.6 Å². The molecule has 1 N–H and O–H groups in total. The molecule has 0 saturated heterocycles. The first-order valence-electron chi connectivity index (χ1n) is 6.78. The minimum Gasteiger partial charge on any atom is -0.396 e. The van der Waals surface area contributed by atoms with Crippen LogP contribution in [0.1, 0.15) is 23.1 Å². The van der Waals surface area contributed by atoms with E-state index in [9.17, 15) is 5.11 Å². The second kappa shape index (κ2) is 8.29. The lowest BCUT2D eigenvalue weighted by atomic mass is 9.89. The molecule has 112 valence electrons. The van der Waals surface area contributed by atoms with E-state index in [-0.39, 0.29) is 25.4 Å². The number of methoxy groups -OCH3 is 1. The van der Waals surface area contributed by atoms with Crippen LogP contribution in [0.15, 0.2) is 59.1 Å². The monoisotopic (exact) mass is 350 g/mol. The number of hydrogen-bond acceptors (Lipinski definition) is 3. The summed E-state index contributed by atoms with van der Waals surface area (Å²) in [5.74, 6) is -0.143. The number of aliphatic hydroxyl groups is 1. The maximum atomic E-state index is 9.85. The predicted molar refractivity (Wildman–Crippen MR) is 86.1 cm³/mol. The third-order valence-electron chi connectivity index (χ3n) is 3.35. The van der Waals surface area contributed by atoms with E-state index in [1.54, 1.807) is 7.11 Å². The number of ether oxygens (including phenoxy) is 2. The molecule has 4 heteroatoms. The second-order valence-corrected chi connectivity index (χ2v) is 5.66. The lowest BCUT2D eigenvalue weighted by Gasteiger charge is -2.26. The zero-order valence-corrected chi connectivity index (χ0v) is 13.5. The van der Waals surface area contributed by atoms with Crippen LogP contribution in [-0.4, -0.2) is 25.6 Å². The van der Waals surface area contributed by atoms with Gasteiger partial charge in [0.1, 0.15) is 6.79 Å². The minimum atomic E-state index is -0.252. The molecule has 21 heavy (non-hydrogen) atoms. The molecule has 2 aromatic rings. The van der Waals surface area contributed by atoms with E-state index in [1.165, 1.54) is 0 Å². The molecule has 2 aromatic carbocycles. The van der Waals surface area contributed by atoms with Gasteiger partial charge in [0.25, 0.3) is 0 Å². The first-order valence-corrected chi connectivity index (χ1v) is 7.57. The molecule has 0 bridgehead atoms. The van der Waals surface area contributed by atoms with Crippen molar-refractivity contribution < 1.29 is 14.6 Å². The van der Waals surface area contributed by atoms with Gasteiger partial charge in [-0.25, -0.2) is 0 Å². The first kappa shape index (κ1) is 16.2. The van der Waals surface area contributed by atoms with Crippen molar-refractivity contribution >= 4 is 15.9 Å². The molecule has 0 radical (unpaired) electrons. The van der Waals surface area contributed by atoms with E-state index in [0.717, 1.165) is 15.6 Å². The van der Waals surface area contributed by atoms with Crippen LogP contribution >= 0.6 is 15.9 Å². The molecule has 0 aliphatic carbocycles. The first-order chi connectivity index (χ1) is 10.3. The third-order valence-corrected chi connectivity index (χ3v) is 3.88. The van der Waals surface area contributed by atoms with E-state index in [4.69, 9.17) is 9.47 Å². The van der Waals surface area contributed by atoms with Crippen LogP contribution in [0.25, 0.3) is 0 Å². The van der Waals surface area contributed by atoms with Crippen LogP contribution in [0.5, 0.6) is 0 Å². The van der Waals surface area contributed by atoms with Gasteiger partial charge >= 0.3 is 0 Å². The van der Waals surface area contributed by atoms with E-state index < -0.39 is 0 Å². The third kappa shape index (κ3) is 4.38. The van der Waals surface area contributed by atoms with Crippen LogP contribution in [0, 0.1) is 0 Å². The average Bonchev–Trinajstić information content (AvgIpc) is 2.53. The van der Waals surface area contributed by atoms with Crippen LogP contribution < -0.4 is 0 Å². The number of benzene rings is 2. The van der Waals surface area contributed by atoms with Crippen LogP contribution in [0.3, 0.4) is 0 Å². The summed E-state index contributed by atoms with van der Waals surface area (Å²) >= 11 is 3.43. The highest BCUT2D eigenvalue weighted by Gasteiger charge is 2.25. The van der Waals surface area contributed by atoms with Crippen molar-refractivity contribution in [3.63, 3.8) is 0 Å². The topological polar surface area (TPSA) is 38.7 Å². The van der Waals surface area contributed by atoms with E-state index in [0.29, 0.717) is 0 Å². The second-order valence-electron chi connectivity index (χ2n) is 4.75. The van der Waals surface area contributed by atoms with Crippen molar-refractivity contribution in [3.8, 4) is 0 Å². The Bertz CT molecular complexity index is 527. The van der Waals surface area contributed by atoms with E-state index >= 15 is 0 Å². The summed E-state index contributed by atoms with van der Waals surface area (Å²) < 4.78 is 11.9. The highest BCUT2D eigenvalue weighted by molar-refractivity contribution is 9.10. The Hall–Kier alpha value is -1.20. The molecule has 0 spiro atoms. The lowest BCUT2D eigenvalue weighted by Crippen LogP contribution is -2.19. The van der Waals surface area contributed by atoms with Crippen LogP contribution in [0.2, 0.25) is 0 Å². The van der Waals surface area contributed by atoms with Gasteiger partial charge in [-0.15, -0.1) is 0 Å². The standard InChI is InChI=1S/C17H19BrO3/c1-20-12-21-17(14-5-3-2-4-6-14)16(11-19)13-7-9-15(18)10-8-13/h2-10,16-17,19H,11-12H2,1H3/t16-,17+/m1/s1. The molecule has 0 fully saturated rings. The number of aliphatic hydroxyl groups excluding tert-OH is 1. The molecule has 0 aromatic heterocycles. The largest absolute Gasteiger partial charge is 0.396 e. The number of rotatable bonds is 7. The van der Waals surface area contributed by atoms with Gasteiger partial charge in [0.15, 0.2) is 0 Å². The normalized spacial score (nSPS) is 13.9. The Labute approximate surface area is 133 Å². The molecule has 0 aliphatic heterocycles. The van der Waals surface area contributed by atoms with E-state index in [1.807, 2.05) is 54.6 Å². The zero-order valence-electron chi connectivity index (χ0n) is 11.9. The van der Waals surface area contributed by atoms with Gasteiger partial charge in [-0.1, -0.05) is 58.4 Å². The fraction of sp³-hybridized carbons (Fsp3) is 0.294. The molecular formula is C17H19BrO3. The van der Waals surface area contributed by atoms with Crippen LogP contribution in [0.4, 0.5) is 0 Å². The highest BCUT2D eigenvalue weighted by atomic mass is 79.9. The quantitative estimate of drug-likeness (QED) is 0.770. The lowest BCUT2D eigenvalue weighted by molar-refractivity contribution is -0.0872. The van der Waals surface area contributed by atoms with Crippen molar-refractivity contribution in [2.75, 3.05) is 20.5 Å². The van der Waals surface area contributed by atoms with Gasteiger partial charge in [-0.3, -0.25) is 0 Å². The van der Waals surface area contributed by atoms with Crippen molar-refractivity contribution in [1.29, 1.82) is 0 Å². The SMILES string of the molecule is COCO[C@@H](c1ccccc1)[C@H](CO)c1ccc(Br)cc1. The van der Waals surface area contributed by atoms with Crippen LogP contribution in [-0.2, 0) is 9.47 Å². The molecule has 0 amide bonds. The number of hydrogen-bond donors (Lipinski definition) is 1.